The van der Waals surface area contributed by atoms with E-state index in [1.807, 2.05) is 0 Å². The molecule has 2 aromatic rings. The molecule has 1 aromatic heterocycles. The molecule has 138 valence electrons. The number of halogens is 4. The van der Waals surface area contributed by atoms with E-state index in [1.165, 1.54) is 24.4 Å². The van der Waals surface area contributed by atoms with Crippen molar-refractivity contribution < 1.29 is 18.0 Å². The third kappa shape index (κ3) is 4.27. The SMILES string of the molecule is O=C(c1ccc(Nc2ccc(Cl)cc2C(F)(F)F)cn1)N1CCCCC1. The fourth-order valence-corrected chi connectivity index (χ4v) is 3.04. The van der Waals surface area contributed by atoms with Crippen LogP contribution in [0.1, 0.15) is 35.3 Å². The van der Waals surface area contributed by atoms with Gasteiger partial charge in [-0.2, -0.15) is 13.2 Å². The van der Waals surface area contributed by atoms with Gasteiger partial charge in [-0.25, -0.2) is 4.98 Å². The molecule has 1 N–H and O–H groups in total. The van der Waals surface area contributed by atoms with Crippen molar-refractivity contribution in [3.05, 3.63) is 52.8 Å². The Morgan fingerprint density at radius 2 is 1.85 bits per heavy atom. The van der Waals surface area contributed by atoms with Crippen LogP contribution in [-0.2, 0) is 6.18 Å². The first-order valence-electron chi connectivity index (χ1n) is 8.24. The van der Waals surface area contributed by atoms with Gasteiger partial charge in [0.05, 0.1) is 23.1 Å². The van der Waals surface area contributed by atoms with E-state index in [0.29, 0.717) is 18.8 Å². The summed E-state index contributed by atoms with van der Waals surface area (Å²) in [5.41, 5.74) is -0.352. The van der Waals surface area contributed by atoms with Gasteiger partial charge in [0.25, 0.3) is 5.91 Å². The summed E-state index contributed by atoms with van der Waals surface area (Å²) in [5.74, 6) is -0.154. The minimum Gasteiger partial charge on any atom is -0.354 e. The fourth-order valence-electron chi connectivity index (χ4n) is 2.87. The van der Waals surface area contributed by atoms with Crippen LogP contribution in [0.25, 0.3) is 0 Å². The Morgan fingerprint density at radius 1 is 1.12 bits per heavy atom. The van der Waals surface area contributed by atoms with Crippen molar-refractivity contribution in [2.24, 2.45) is 0 Å². The number of carbonyl (C=O) groups excluding carboxylic acids is 1. The Balaban J connectivity index is 1.77. The number of amides is 1. The zero-order chi connectivity index (χ0) is 18.7. The number of alkyl halides is 3. The van der Waals surface area contributed by atoms with E-state index in [0.717, 1.165) is 25.3 Å². The number of aromatic nitrogens is 1. The van der Waals surface area contributed by atoms with Gasteiger partial charge in [0.2, 0.25) is 0 Å². The van der Waals surface area contributed by atoms with E-state index in [2.05, 4.69) is 10.3 Å². The van der Waals surface area contributed by atoms with Crippen molar-refractivity contribution in [1.82, 2.24) is 9.88 Å². The van der Waals surface area contributed by atoms with Gasteiger partial charge in [-0.15, -0.1) is 0 Å². The molecule has 0 radical (unpaired) electrons. The Bertz CT molecular complexity index is 787. The van der Waals surface area contributed by atoms with Gasteiger partial charge in [-0.3, -0.25) is 4.79 Å². The molecule has 1 fully saturated rings. The summed E-state index contributed by atoms with van der Waals surface area (Å²) in [6, 6.07) is 6.56. The number of carbonyl (C=O) groups is 1. The van der Waals surface area contributed by atoms with Crippen LogP contribution >= 0.6 is 11.6 Å². The van der Waals surface area contributed by atoms with Gasteiger partial charge in [-0.1, -0.05) is 11.6 Å². The van der Waals surface area contributed by atoms with Gasteiger partial charge < -0.3 is 10.2 Å². The van der Waals surface area contributed by atoms with Crippen molar-refractivity contribution in [2.45, 2.75) is 25.4 Å². The number of likely N-dealkylation sites (tertiary alicyclic amines) is 1. The van der Waals surface area contributed by atoms with E-state index >= 15 is 0 Å². The molecule has 0 spiro atoms. The van der Waals surface area contributed by atoms with E-state index < -0.39 is 11.7 Å². The second-order valence-corrected chi connectivity index (χ2v) is 6.53. The lowest BCUT2D eigenvalue weighted by atomic mass is 10.1. The highest BCUT2D eigenvalue weighted by Gasteiger charge is 2.33. The third-order valence-electron chi connectivity index (χ3n) is 4.19. The summed E-state index contributed by atoms with van der Waals surface area (Å²) in [6.45, 7) is 1.42. The largest absolute Gasteiger partial charge is 0.418 e. The summed E-state index contributed by atoms with van der Waals surface area (Å²) >= 11 is 5.67. The number of benzene rings is 1. The Kier molecular flexibility index (Phi) is 5.36. The summed E-state index contributed by atoms with van der Waals surface area (Å²) in [6.07, 6.45) is -0.121. The molecule has 3 rings (SSSR count). The predicted molar refractivity (Wildman–Crippen MR) is 93.7 cm³/mol. The summed E-state index contributed by atoms with van der Waals surface area (Å²) in [4.78, 5) is 18.2. The topological polar surface area (TPSA) is 45.2 Å². The van der Waals surface area contributed by atoms with Crippen molar-refractivity contribution in [1.29, 1.82) is 0 Å². The average molecular weight is 384 g/mol. The number of nitrogens with zero attached hydrogens (tertiary/aromatic N) is 2. The average Bonchev–Trinajstić information content (AvgIpc) is 2.63. The number of anilines is 2. The van der Waals surface area contributed by atoms with E-state index in [9.17, 15) is 18.0 Å². The number of hydrogen-bond acceptors (Lipinski definition) is 3. The van der Waals surface area contributed by atoms with Crippen molar-refractivity contribution in [2.75, 3.05) is 18.4 Å². The maximum atomic E-state index is 13.1. The summed E-state index contributed by atoms with van der Waals surface area (Å²) in [7, 11) is 0. The van der Waals surface area contributed by atoms with Crippen molar-refractivity contribution in [3.63, 3.8) is 0 Å². The molecule has 1 aliphatic rings. The molecule has 8 heteroatoms. The van der Waals surface area contributed by atoms with Crippen LogP contribution in [0.5, 0.6) is 0 Å². The molecule has 0 unspecified atom stereocenters. The highest BCUT2D eigenvalue weighted by atomic mass is 35.5. The Morgan fingerprint density at radius 3 is 2.46 bits per heavy atom. The molecule has 0 saturated carbocycles. The molecule has 0 bridgehead atoms. The minimum absolute atomic E-state index is 0.00322. The molecule has 2 heterocycles. The van der Waals surface area contributed by atoms with Crippen LogP contribution in [0, 0.1) is 0 Å². The Labute approximate surface area is 154 Å². The van der Waals surface area contributed by atoms with E-state index in [1.54, 1.807) is 11.0 Å². The predicted octanol–water partition coefficient (Wildman–Crippen LogP) is 5.12. The van der Waals surface area contributed by atoms with Crippen molar-refractivity contribution >= 4 is 28.9 Å². The standard InChI is InChI=1S/C18H17ClF3N3O/c19-12-4-6-15(14(10-12)18(20,21)22)24-13-5-7-16(23-11-13)17(26)25-8-2-1-3-9-25/h4-7,10-11,24H,1-3,8-9H2. The molecule has 1 aliphatic heterocycles. The number of rotatable bonds is 3. The molecule has 1 saturated heterocycles. The number of pyridine rings is 1. The normalized spacial score (nSPS) is 15.0. The monoisotopic (exact) mass is 383 g/mol. The molecule has 1 amide bonds. The zero-order valence-electron chi connectivity index (χ0n) is 13.8. The van der Waals surface area contributed by atoms with Gasteiger partial charge in [0.15, 0.2) is 0 Å². The highest BCUT2D eigenvalue weighted by Crippen LogP contribution is 2.37. The Hall–Kier alpha value is -2.28. The molecular weight excluding hydrogens is 367 g/mol. The second kappa shape index (κ2) is 7.53. The smallest absolute Gasteiger partial charge is 0.354 e. The molecule has 26 heavy (non-hydrogen) atoms. The highest BCUT2D eigenvalue weighted by molar-refractivity contribution is 6.30. The van der Waals surface area contributed by atoms with Gasteiger partial charge >= 0.3 is 6.18 Å². The van der Waals surface area contributed by atoms with Crippen LogP contribution in [0.3, 0.4) is 0 Å². The lowest BCUT2D eigenvalue weighted by Crippen LogP contribution is -2.36. The lowest BCUT2D eigenvalue weighted by Gasteiger charge is -2.26. The number of nitrogens with one attached hydrogen (secondary N) is 1. The summed E-state index contributed by atoms with van der Waals surface area (Å²) in [5, 5.41) is 2.69. The van der Waals surface area contributed by atoms with Gasteiger partial charge in [0, 0.05) is 18.1 Å². The molecular formula is C18H17ClF3N3O. The molecule has 0 aliphatic carbocycles. The first-order valence-corrected chi connectivity index (χ1v) is 8.61. The molecule has 0 atom stereocenters. The second-order valence-electron chi connectivity index (χ2n) is 6.10. The minimum atomic E-state index is -4.54. The van der Waals surface area contributed by atoms with Crippen LogP contribution in [0.4, 0.5) is 24.5 Å². The van der Waals surface area contributed by atoms with E-state index in [-0.39, 0.29) is 22.3 Å². The lowest BCUT2D eigenvalue weighted by molar-refractivity contribution is -0.136. The fraction of sp³-hybridized carbons (Fsp3) is 0.333. The maximum Gasteiger partial charge on any atom is 0.418 e. The zero-order valence-corrected chi connectivity index (χ0v) is 14.6. The van der Waals surface area contributed by atoms with E-state index in [4.69, 9.17) is 11.6 Å². The first-order chi connectivity index (χ1) is 12.3. The van der Waals surface area contributed by atoms with Gasteiger partial charge in [0.1, 0.15) is 5.69 Å². The maximum absolute atomic E-state index is 13.1. The molecule has 4 nitrogen and oxygen atoms in total. The molecule has 1 aromatic carbocycles. The quantitative estimate of drug-likeness (QED) is 0.799. The van der Waals surface area contributed by atoms with Crippen LogP contribution < -0.4 is 5.32 Å². The number of piperidine rings is 1. The van der Waals surface area contributed by atoms with Crippen LogP contribution in [0.15, 0.2) is 36.5 Å². The van der Waals surface area contributed by atoms with Gasteiger partial charge in [-0.05, 0) is 49.6 Å². The third-order valence-corrected chi connectivity index (χ3v) is 4.43. The number of hydrogen-bond donors (Lipinski definition) is 1. The van der Waals surface area contributed by atoms with Crippen molar-refractivity contribution in [3.8, 4) is 0 Å². The van der Waals surface area contributed by atoms with Crippen LogP contribution in [0.2, 0.25) is 5.02 Å². The van der Waals surface area contributed by atoms with Crippen LogP contribution in [-0.4, -0.2) is 28.9 Å². The summed E-state index contributed by atoms with van der Waals surface area (Å²) < 4.78 is 39.4. The first kappa shape index (κ1) is 18.5.